The van der Waals surface area contributed by atoms with Gasteiger partial charge in [0.1, 0.15) is 12.6 Å². The van der Waals surface area contributed by atoms with Crippen molar-refractivity contribution in [1.29, 1.82) is 0 Å². The first-order chi connectivity index (χ1) is 12.3. The lowest BCUT2D eigenvalue weighted by molar-refractivity contribution is -0.143. The number of fused-ring (bicyclic) bond motifs is 1. The number of hydrogen-bond acceptors (Lipinski definition) is 6. The van der Waals surface area contributed by atoms with Gasteiger partial charge in [-0.15, -0.1) is 0 Å². The van der Waals surface area contributed by atoms with Crippen molar-refractivity contribution in [3.05, 3.63) is 28.8 Å². The average molecular weight is 363 g/mol. The van der Waals surface area contributed by atoms with Gasteiger partial charge in [-0.2, -0.15) is 0 Å². The number of amides is 1. The molecule has 26 heavy (non-hydrogen) atoms. The third kappa shape index (κ3) is 3.93. The Morgan fingerprint density at radius 1 is 1.23 bits per heavy atom. The van der Waals surface area contributed by atoms with Crippen molar-refractivity contribution in [2.45, 2.75) is 26.4 Å². The van der Waals surface area contributed by atoms with Crippen LogP contribution in [0.1, 0.15) is 13.8 Å². The summed E-state index contributed by atoms with van der Waals surface area (Å²) in [5.41, 5.74) is -0.0440. The lowest BCUT2D eigenvalue weighted by atomic mass is 10.1. The molecule has 9 heteroatoms. The maximum Gasteiger partial charge on any atom is 0.326 e. The predicted molar refractivity (Wildman–Crippen MR) is 93.5 cm³/mol. The molecule has 0 aliphatic carbocycles. The van der Waals surface area contributed by atoms with Crippen LogP contribution in [0.2, 0.25) is 0 Å². The zero-order chi connectivity index (χ0) is 19.4. The van der Waals surface area contributed by atoms with Gasteiger partial charge in [-0.3, -0.25) is 14.2 Å². The van der Waals surface area contributed by atoms with E-state index in [-0.39, 0.29) is 17.8 Å². The third-order valence-electron chi connectivity index (χ3n) is 3.89. The molecule has 2 N–H and O–H groups in total. The maximum absolute atomic E-state index is 12.6. The normalized spacial score (nSPS) is 12.0. The molecule has 0 unspecified atom stereocenters. The van der Waals surface area contributed by atoms with Crippen molar-refractivity contribution >= 4 is 22.8 Å². The summed E-state index contributed by atoms with van der Waals surface area (Å²) >= 11 is 0. The van der Waals surface area contributed by atoms with Crippen LogP contribution in [0, 0.1) is 5.92 Å². The fraction of sp³-hybridized carbons (Fsp3) is 0.412. The Morgan fingerprint density at radius 3 is 2.38 bits per heavy atom. The van der Waals surface area contributed by atoms with E-state index < -0.39 is 23.5 Å². The molecule has 0 bridgehead atoms. The number of aromatic nitrogens is 2. The number of benzene rings is 1. The van der Waals surface area contributed by atoms with E-state index in [0.717, 1.165) is 4.57 Å². The molecular formula is C17H21N3O6. The molecule has 0 saturated heterocycles. The van der Waals surface area contributed by atoms with E-state index >= 15 is 0 Å². The largest absolute Gasteiger partial charge is 0.493 e. The van der Waals surface area contributed by atoms with Gasteiger partial charge in [0.25, 0.3) is 5.56 Å². The van der Waals surface area contributed by atoms with Gasteiger partial charge in [0.15, 0.2) is 11.5 Å². The zero-order valence-corrected chi connectivity index (χ0v) is 15.0. The number of aliphatic carboxylic acids is 1. The fourth-order valence-electron chi connectivity index (χ4n) is 2.49. The monoisotopic (exact) mass is 363 g/mol. The minimum atomic E-state index is -1.13. The summed E-state index contributed by atoms with van der Waals surface area (Å²) in [5.74, 6) is -1.21. The number of rotatable bonds is 7. The summed E-state index contributed by atoms with van der Waals surface area (Å²) in [4.78, 5) is 40.1. The van der Waals surface area contributed by atoms with Crippen molar-refractivity contribution in [2.75, 3.05) is 14.2 Å². The van der Waals surface area contributed by atoms with Gasteiger partial charge < -0.3 is 19.9 Å². The van der Waals surface area contributed by atoms with Gasteiger partial charge in [0.2, 0.25) is 5.91 Å². The summed E-state index contributed by atoms with van der Waals surface area (Å²) in [7, 11) is 2.92. The number of carbonyl (C=O) groups excluding carboxylic acids is 1. The highest BCUT2D eigenvalue weighted by Gasteiger charge is 2.23. The molecular weight excluding hydrogens is 342 g/mol. The molecule has 1 aromatic heterocycles. The van der Waals surface area contributed by atoms with Gasteiger partial charge >= 0.3 is 5.97 Å². The smallest absolute Gasteiger partial charge is 0.326 e. The zero-order valence-electron chi connectivity index (χ0n) is 15.0. The first kappa shape index (κ1) is 19.2. The maximum atomic E-state index is 12.6. The summed E-state index contributed by atoms with van der Waals surface area (Å²) in [6, 6.07) is 2.03. The highest BCUT2D eigenvalue weighted by Crippen LogP contribution is 2.29. The fourth-order valence-corrected chi connectivity index (χ4v) is 2.49. The molecule has 0 fully saturated rings. The molecule has 2 rings (SSSR count). The molecule has 1 atom stereocenters. The number of carboxylic acids is 1. The van der Waals surface area contributed by atoms with Crippen molar-refractivity contribution in [2.24, 2.45) is 5.92 Å². The standard InChI is InChI=1S/C17H21N3O6/c1-9(2)15(17(23)24)19-14(21)7-20-8-18-11-6-13(26-4)12(25-3)5-10(11)16(20)22/h5-6,8-9,15H,7H2,1-4H3,(H,19,21)(H,23,24)/t15-/m0/s1. The summed E-state index contributed by atoms with van der Waals surface area (Å²) < 4.78 is 11.5. The number of nitrogens with one attached hydrogen (secondary N) is 1. The highest BCUT2D eigenvalue weighted by molar-refractivity contribution is 5.84. The van der Waals surface area contributed by atoms with Crippen LogP contribution in [0.5, 0.6) is 11.5 Å². The van der Waals surface area contributed by atoms with Crippen molar-refractivity contribution in [1.82, 2.24) is 14.9 Å². The van der Waals surface area contributed by atoms with E-state index in [2.05, 4.69) is 10.3 Å². The molecule has 0 saturated carbocycles. The summed E-state index contributed by atoms with van der Waals surface area (Å²) in [5, 5.41) is 11.8. The lowest BCUT2D eigenvalue weighted by Gasteiger charge is -2.18. The number of hydrogen-bond donors (Lipinski definition) is 2. The van der Waals surface area contributed by atoms with Crippen LogP contribution < -0.4 is 20.3 Å². The topological polar surface area (TPSA) is 120 Å². The van der Waals surface area contributed by atoms with Crippen LogP contribution in [-0.4, -0.2) is 46.8 Å². The van der Waals surface area contributed by atoms with Crippen LogP contribution in [0.3, 0.4) is 0 Å². The van der Waals surface area contributed by atoms with Gasteiger partial charge in [-0.05, 0) is 12.0 Å². The lowest BCUT2D eigenvalue weighted by Crippen LogP contribution is -2.46. The van der Waals surface area contributed by atoms with E-state index in [0.29, 0.717) is 17.0 Å². The SMILES string of the molecule is COc1cc2ncn(CC(=O)N[C@H](C(=O)O)C(C)C)c(=O)c2cc1OC. The van der Waals surface area contributed by atoms with Gasteiger partial charge in [-0.25, -0.2) is 9.78 Å². The first-order valence-electron chi connectivity index (χ1n) is 7.91. The Hall–Kier alpha value is -3.10. The molecule has 0 aliphatic rings. The second-order valence-corrected chi connectivity index (χ2v) is 6.03. The molecule has 1 amide bonds. The Kier molecular flexibility index (Phi) is 5.81. The number of carbonyl (C=O) groups is 2. The average Bonchev–Trinajstić information content (AvgIpc) is 2.60. The van der Waals surface area contributed by atoms with E-state index in [1.807, 2.05) is 0 Å². The molecule has 0 spiro atoms. The van der Waals surface area contributed by atoms with Crippen molar-refractivity contribution in [3.63, 3.8) is 0 Å². The highest BCUT2D eigenvalue weighted by atomic mass is 16.5. The Balaban J connectivity index is 2.33. The molecule has 9 nitrogen and oxygen atoms in total. The van der Waals surface area contributed by atoms with E-state index in [1.165, 1.54) is 26.6 Å². The number of carboxylic acid groups (broad SMARTS) is 1. The molecule has 1 heterocycles. The second-order valence-electron chi connectivity index (χ2n) is 6.03. The molecule has 0 radical (unpaired) electrons. The van der Waals surface area contributed by atoms with E-state index in [4.69, 9.17) is 14.6 Å². The van der Waals surface area contributed by atoms with E-state index in [1.54, 1.807) is 19.9 Å². The van der Waals surface area contributed by atoms with Gasteiger partial charge in [0, 0.05) is 6.07 Å². The molecule has 0 aliphatic heterocycles. The minimum Gasteiger partial charge on any atom is -0.493 e. The van der Waals surface area contributed by atoms with Gasteiger partial charge in [0.05, 0.1) is 31.4 Å². The number of nitrogens with zero attached hydrogens (tertiary/aromatic N) is 2. The summed E-state index contributed by atoms with van der Waals surface area (Å²) in [6.45, 7) is 3.03. The van der Waals surface area contributed by atoms with Crippen molar-refractivity contribution < 1.29 is 24.2 Å². The van der Waals surface area contributed by atoms with E-state index in [9.17, 15) is 14.4 Å². The number of methoxy groups -OCH3 is 2. The van der Waals surface area contributed by atoms with Crippen LogP contribution >= 0.6 is 0 Å². The Morgan fingerprint density at radius 2 is 1.85 bits per heavy atom. The van der Waals surface area contributed by atoms with Crippen LogP contribution in [0.4, 0.5) is 0 Å². The quantitative estimate of drug-likeness (QED) is 0.741. The third-order valence-corrected chi connectivity index (χ3v) is 3.89. The molecule has 2 aromatic rings. The van der Waals surface area contributed by atoms with Crippen LogP contribution in [-0.2, 0) is 16.1 Å². The van der Waals surface area contributed by atoms with Crippen molar-refractivity contribution in [3.8, 4) is 11.5 Å². The minimum absolute atomic E-state index is 0.261. The Bertz CT molecular complexity index is 890. The van der Waals surface area contributed by atoms with Crippen LogP contribution in [0.25, 0.3) is 10.9 Å². The first-order valence-corrected chi connectivity index (χ1v) is 7.91. The molecule has 140 valence electrons. The molecule has 1 aromatic carbocycles. The van der Waals surface area contributed by atoms with Gasteiger partial charge in [-0.1, -0.05) is 13.8 Å². The predicted octanol–water partition coefficient (Wildman–Crippen LogP) is 0.639. The second kappa shape index (κ2) is 7.85. The number of ether oxygens (including phenoxy) is 2. The summed E-state index contributed by atoms with van der Waals surface area (Å²) in [6.07, 6.45) is 1.24. The van der Waals surface area contributed by atoms with Crippen LogP contribution in [0.15, 0.2) is 23.3 Å². The Labute approximate surface area is 149 Å².